The average Bonchev–Trinajstić information content (AvgIpc) is 3.48. The van der Waals surface area contributed by atoms with Gasteiger partial charge in [0.2, 0.25) is 5.91 Å². The zero-order chi connectivity index (χ0) is 24.6. The van der Waals surface area contributed by atoms with Crippen molar-refractivity contribution in [3.8, 4) is 5.69 Å². The minimum atomic E-state index is -1.25. The van der Waals surface area contributed by atoms with E-state index in [1.807, 2.05) is 73.7 Å². The number of urea groups is 1. The molecule has 4 amide bonds. The molecule has 176 valence electrons. The van der Waals surface area contributed by atoms with Gasteiger partial charge in [0, 0.05) is 0 Å². The Bertz CT molecular complexity index is 1420. The summed E-state index contributed by atoms with van der Waals surface area (Å²) in [7, 11) is 0. The largest absolute Gasteiger partial charge is 0.348 e. The van der Waals surface area contributed by atoms with Gasteiger partial charge in [0.25, 0.3) is 5.91 Å². The van der Waals surface area contributed by atoms with E-state index in [0.717, 1.165) is 26.9 Å². The van der Waals surface area contributed by atoms with E-state index in [9.17, 15) is 14.4 Å². The molecule has 1 aromatic heterocycles. The number of amides is 4. The lowest BCUT2D eigenvalue weighted by Crippen LogP contribution is -2.43. The zero-order valence-electron chi connectivity index (χ0n) is 19.3. The van der Waals surface area contributed by atoms with E-state index in [0.29, 0.717) is 5.56 Å². The van der Waals surface area contributed by atoms with Gasteiger partial charge in [-0.05, 0) is 53.9 Å². The van der Waals surface area contributed by atoms with E-state index in [-0.39, 0.29) is 12.6 Å². The summed E-state index contributed by atoms with van der Waals surface area (Å²) in [6, 6.07) is 20.0. The van der Waals surface area contributed by atoms with Crippen molar-refractivity contribution in [2.75, 3.05) is 6.54 Å². The average molecular weight is 469 g/mol. The van der Waals surface area contributed by atoms with Crippen LogP contribution < -0.4 is 10.6 Å². The van der Waals surface area contributed by atoms with Crippen molar-refractivity contribution in [1.29, 1.82) is 0 Å². The van der Waals surface area contributed by atoms with Crippen molar-refractivity contribution >= 4 is 28.6 Å². The van der Waals surface area contributed by atoms with Gasteiger partial charge in [-0.1, -0.05) is 48.5 Å². The molecular weight excluding hydrogens is 444 g/mol. The number of hydrogen-bond donors (Lipinski definition) is 2. The second-order valence-electron chi connectivity index (χ2n) is 8.73. The third-order valence-electron chi connectivity index (χ3n) is 6.36. The highest BCUT2D eigenvalue weighted by Crippen LogP contribution is 2.31. The Morgan fingerprint density at radius 2 is 1.80 bits per heavy atom. The fraction of sp³-hybridized carbons (Fsp3) is 0.192. The molecule has 2 atom stereocenters. The third kappa shape index (κ3) is 4.12. The molecule has 3 aromatic carbocycles. The fourth-order valence-electron chi connectivity index (χ4n) is 4.31. The lowest BCUT2D eigenvalue weighted by atomic mass is 9.90. The normalized spacial score (nSPS) is 18.5. The van der Waals surface area contributed by atoms with Gasteiger partial charge in [-0.15, -0.1) is 0 Å². The molecule has 0 saturated carbocycles. The van der Waals surface area contributed by atoms with Crippen molar-refractivity contribution in [1.82, 2.24) is 30.3 Å². The van der Waals surface area contributed by atoms with E-state index in [1.165, 1.54) is 6.33 Å². The number of rotatable bonds is 6. The van der Waals surface area contributed by atoms with Crippen LogP contribution in [-0.2, 0) is 15.1 Å². The quantitative estimate of drug-likeness (QED) is 0.423. The van der Waals surface area contributed by atoms with Crippen LogP contribution >= 0.6 is 0 Å². The van der Waals surface area contributed by atoms with Crippen LogP contribution in [0.1, 0.15) is 31.0 Å². The van der Waals surface area contributed by atoms with Crippen molar-refractivity contribution in [2.24, 2.45) is 0 Å². The van der Waals surface area contributed by atoms with Crippen LogP contribution in [-0.4, -0.2) is 44.1 Å². The predicted molar refractivity (Wildman–Crippen MR) is 129 cm³/mol. The monoisotopic (exact) mass is 468 g/mol. The Hall–Kier alpha value is -4.53. The first-order valence-electron chi connectivity index (χ1n) is 11.2. The summed E-state index contributed by atoms with van der Waals surface area (Å²) >= 11 is 0. The lowest BCUT2D eigenvalue weighted by Gasteiger charge is -2.23. The number of carbonyl (C=O) groups is 3. The van der Waals surface area contributed by atoms with Crippen LogP contribution in [0.5, 0.6) is 0 Å². The Kier molecular flexibility index (Phi) is 5.52. The van der Waals surface area contributed by atoms with Crippen LogP contribution in [0.4, 0.5) is 4.79 Å². The lowest BCUT2D eigenvalue weighted by molar-refractivity contribution is -0.135. The van der Waals surface area contributed by atoms with Gasteiger partial charge < -0.3 is 10.6 Å². The molecule has 1 fully saturated rings. The highest BCUT2D eigenvalue weighted by Gasteiger charge is 2.49. The van der Waals surface area contributed by atoms with E-state index in [4.69, 9.17) is 0 Å². The first kappa shape index (κ1) is 22.3. The molecule has 0 bridgehead atoms. The number of aromatic nitrogens is 3. The van der Waals surface area contributed by atoms with Crippen LogP contribution in [0.25, 0.3) is 16.5 Å². The summed E-state index contributed by atoms with van der Waals surface area (Å²) in [5.41, 5.74) is 1.14. The van der Waals surface area contributed by atoms with Gasteiger partial charge >= 0.3 is 6.03 Å². The summed E-state index contributed by atoms with van der Waals surface area (Å²) in [5.74, 6) is -0.887. The second kappa shape index (κ2) is 8.68. The molecule has 0 spiro atoms. The van der Waals surface area contributed by atoms with E-state index in [2.05, 4.69) is 20.7 Å². The number of fused-ring (bicyclic) bond motifs is 1. The van der Waals surface area contributed by atoms with Gasteiger partial charge in [-0.2, -0.15) is 5.10 Å². The molecular formula is C26H24N6O3. The van der Waals surface area contributed by atoms with E-state index < -0.39 is 23.4 Å². The van der Waals surface area contributed by atoms with Crippen LogP contribution in [0.15, 0.2) is 79.4 Å². The molecule has 2 N–H and O–H groups in total. The molecule has 35 heavy (non-hydrogen) atoms. The smallest absolute Gasteiger partial charge is 0.325 e. The highest BCUT2D eigenvalue weighted by molar-refractivity contribution is 6.09. The first-order valence-corrected chi connectivity index (χ1v) is 11.2. The minimum Gasteiger partial charge on any atom is -0.348 e. The van der Waals surface area contributed by atoms with E-state index in [1.54, 1.807) is 17.9 Å². The number of nitrogens with zero attached hydrogens (tertiary/aromatic N) is 4. The summed E-state index contributed by atoms with van der Waals surface area (Å²) in [5, 5.41) is 11.7. The Balaban J connectivity index is 1.26. The summed E-state index contributed by atoms with van der Waals surface area (Å²) in [6.45, 7) is 3.14. The van der Waals surface area contributed by atoms with Crippen molar-refractivity contribution in [2.45, 2.75) is 25.4 Å². The molecule has 9 heteroatoms. The molecule has 0 unspecified atom stereocenters. The predicted octanol–water partition coefficient (Wildman–Crippen LogP) is 3.06. The summed E-state index contributed by atoms with van der Waals surface area (Å²) in [6.07, 6.45) is 3.06. The van der Waals surface area contributed by atoms with Gasteiger partial charge in [-0.3, -0.25) is 14.5 Å². The zero-order valence-corrected chi connectivity index (χ0v) is 19.3. The van der Waals surface area contributed by atoms with Gasteiger partial charge in [0.1, 0.15) is 24.7 Å². The second-order valence-corrected chi connectivity index (χ2v) is 8.73. The van der Waals surface area contributed by atoms with Crippen LogP contribution in [0.3, 0.4) is 0 Å². The molecule has 5 rings (SSSR count). The van der Waals surface area contributed by atoms with Crippen molar-refractivity contribution < 1.29 is 14.4 Å². The first-order chi connectivity index (χ1) is 16.8. The van der Waals surface area contributed by atoms with Gasteiger partial charge in [0.15, 0.2) is 0 Å². The minimum absolute atomic E-state index is 0.320. The standard InChI is InChI=1S/C26H24N6O3/c1-17(18-8-11-22(12-9-18)32-16-27-15-28-32)29-23(33)14-31-24(34)26(2,30-25(31)35)21-10-7-19-5-3-4-6-20(19)13-21/h3-13,15-17H,14H2,1-2H3,(H,29,33)(H,30,35)/t17-,26+/m0/s1. The number of benzene rings is 3. The number of imide groups is 1. The topological polar surface area (TPSA) is 109 Å². The van der Waals surface area contributed by atoms with Gasteiger partial charge in [0.05, 0.1) is 11.7 Å². The SMILES string of the molecule is C[C@H](NC(=O)CN1C(=O)N[C@](C)(c2ccc3ccccc3c2)C1=O)c1ccc(-n2cncn2)cc1. The molecule has 2 heterocycles. The Morgan fingerprint density at radius 3 is 2.51 bits per heavy atom. The molecule has 0 aliphatic carbocycles. The van der Waals surface area contributed by atoms with Crippen LogP contribution in [0.2, 0.25) is 0 Å². The number of hydrogen-bond acceptors (Lipinski definition) is 5. The molecule has 1 saturated heterocycles. The third-order valence-corrected chi connectivity index (χ3v) is 6.36. The molecule has 4 aromatic rings. The fourth-order valence-corrected chi connectivity index (χ4v) is 4.31. The van der Waals surface area contributed by atoms with Crippen molar-refractivity contribution in [3.05, 3.63) is 90.5 Å². The molecule has 1 aliphatic heterocycles. The van der Waals surface area contributed by atoms with Crippen LogP contribution in [0, 0.1) is 0 Å². The number of nitrogens with one attached hydrogen (secondary N) is 2. The molecule has 0 radical (unpaired) electrons. The maximum Gasteiger partial charge on any atom is 0.325 e. The molecule has 9 nitrogen and oxygen atoms in total. The summed E-state index contributed by atoms with van der Waals surface area (Å²) < 4.78 is 1.64. The Labute approximate surface area is 201 Å². The maximum absolute atomic E-state index is 13.3. The molecule has 1 aliphatic rings. The van der Waals surface area contributed by atoms with E-state index >= 15 is 0 Å². The maximum atomic E-state index is 13.3. The highest BCUT2D eigenvalue weighted by atomic mass is 16.2. The summed E-state index contributed by atoms with van der Waals surface area (Å²) in [4.78, 5) is 43.6. The van der Waals surface area contributed by atoms with Crippen molar-refractivity contribution in [3.63, 3.8) is 0 Å². The number of carbonyl (C=O) groups excluding carboxylic acids is 3. The van der Waals surface area contributed by atoms with Gasteiger partial charge in [-0.25, -0.2) is 14.5 Å². The Morgan fingerprint density at radius 1 is 1.06 bits per heavy atom.